The molecule has 0 bridgehead atoms. The van der Waals surface area contributed by atoms with Crippen LogP contribution in [0.4, 0.5) is 0 Å². The molecular formula is C16H25NO11. The summed E-state index contributed by atoms with van der Waals surface area (Å²) in [5.74, 6) is -6.14. The molecule has 0 aromatic carbocycles. The molecule has 12 nitrogen and oxygen atoms in total. The average molecular weight is 407 g/mol. The Bertz CT molecular complexity index is 609. The Morgan fingerprint density at radius 3 is 2.25 bits per heavy atom. The first-order valence-electron chi connectivity index (χ1n) is 8.34. The highest BCUT2D eigenvalue weighted by Gasteiger charge is 2.56. The summed E-state index contributed by atoms with van der Waals surface area (Å²) in [6.45, 7) is 2.35. The van der Waals surface area contributed by atoms with E-state index in [-0.39, 0.29) is 0 Å². The summed E-state index contributed by atoms with van der Waals surface area (Å²) in [7, 11) is 0.978. The third-order valence-corrected chi connectivity index (χ3v) is 3.95. The van der Waals surface area contributed by atoms with Crippen molar-refractivity contribution in [2.24, 2.45) is 0 Å². The summed E-state index contributed by atoms with van der Waals surface area (Å²) in [6.07, 6.45) is -6.84. The van der Waals surface area contributed by atoms with Crippen LogP contribution in [0, 0.1) is 0 Å². The van der Waals surface area contributed by atoms with E-state index in [9.17, 15) is 34.5 Å². The fourth-order valence-electron chi connectivity index (χ4n) is 2.92. The molecule has 0 aromatic heterocycles. The minimum atomic E-state index is -2.64. The van der Waals surface area contributed by atoms with Gasteiger partial charge in [0.2, 0.25) is 5.91 Å². The molecule has 1 amide bonds. The van der Waals surface area contributed by atoms with Crippen LogP contribution >= 0.6 is 0 Å². The van der Waals surface area contributed by atoms with Crippen LogP contribution in [0.15, 0.2) is 0 Å². The minimum absolute atomic E-state index is 0.598. The van der Waals surface area contributed by atoms with E-state index >= 15 is 0 Å². The highest BCUT2D eigenvalue weighted by Crippen LogP contribution is 2.33. The number of esters is 3. The van der Waals surface area contributed by atoms with Crippen LogP contribution in [0.1, 0.15) is 27.2 Å². The van der Waals surface area contributed by atoms with Crippen molar-refractivity contribution in [3.05, 3.63) is 0 Å². The molecule has 28 heavy (non-hydrogen) atoms. The molecule has 1 heterocycles. The Labute approximate surface area is 160 Å². The van der Waals surface area contributed by atoms with Crippen LogP contribution in [0.25, 0.3) is 0 Å². The monoisotopic (exact) mass is 407 g/mol. The first kappa shape index (κ1) is 23.8. The Morgan fingerprint density at radius 1 is 1.21 bits per heavy atom. The van der Waals surface area contributed by atoms with Gasteiger partial charge in [0.15, 0.2) is 6.10 Å². The van der Waals surface area contributed by atoms with Crippen LogP contribution in [0.3, 0.4) is 0 Å². The van der Waals surface area contributed by atoms with Gasteiger partial charge in [0, 0.05) is 20.8 Å². The first-order valence-corrected chi connectivity index (χ1v) is 8.34. The maximum atomic E-state index is 12.0. The third-order valence-electron chi connectivity index (χ3n) is 3.95. The number of ether oxygens (including phenoxy) is 4. The van der Waals surface area contributed by atoms with Crippen molar-refractivity contribution in [3.8, 4) is 0 Å². The van der Waals surface area contributed by atoms with Gasteiger partial charge in [-0.3, -0.25) is 14.4 Å². The van der Waals surface area contributed by atoms with Gasteiger partial charge in [0.05, 0.1) is 26.2 Å². The largest absolute Gasteiger partial charge is 0.465 e. The highest BCUT2D eigenvalue weighted by atomic mass is 16.7. The Morgan fingerprint density at radius 2 is 1.82 bits per heavy atom. The molecule has 1 fully saturated rings. The summed E-state index contributed by atoms with van der Waals surface area (Å²) >= 11 is 0. The molecule has 1 aliphatic heterocycles. The van der Waals surface area contributed by atoms with E-state index in [2.05, 4.69) is 10.1 Å². The van der Waals surface area contributed by atoms with Gasteiger partial charge < -0.3 is 39.6 Å². The highest BCUT2D eigenvalue weighted by molar-refractivity contribution is 5.78. The predicted molar refractivity (Wildman–Crippen MR) is 88.3 cm³/mol. The number of hydrogen-bond donors (Lipinski definition) is 4. The SMILES string of the molecule is COC(=O)[C@]1(O)C[C@H](OC(C)=O)[C@@H](NC(C)=O)[C@H]([C@H](OC(C)=O)[C@H](O)CO)O1. The van der Waals surface area contributed by atoms with Gasteiger partial charge in [-0.05, 0) is 0 Å². The number of nitrogens with one attached hydrogen (secondary N) is 1. The molecule has 0 spiro atoms. The van der Waals surface area contributed by atoms with E-state index in [1.807, 2.05) is 0 Å². The molecule has 1 rings (SSSR count). The van der Waals surface area contributed by atoms with Crippen molar-refractivity contribution < 1.29 is 53.4 Å². The number of carbonyl (C=O) groups is 4. The van der Waals surface area contributed by atoms with E-state index in [1.165, 1.54) is 0 Å². The molecule has 6 atom stereocenters. The summed E-state index contributed by atoms with van der Waals surface area (Å²) in [6, 6.07) is -1.24. The van der Waals surface area contributed by atoms with E-state index < -0.39 is 73.1 Å². The lowest BCUT2D eigenvalue weighted by Gasteiger charge is -2.46. The lowest BCUT2D eigenvalue weighted by molar-refractivity contribution is -0.298. The Hall–Kier alpha value is -2.28. The van der Waals surface area contributed by atoms with Gasteiger partial charge in [0.1, 0.15) is 18.3 Å². The van der Waals surface area contributed by atoms with Gasteiger partial charge in [-0.25, -0.2) is 4.79 Å². The van der Waals surface area contributed by atoms with E-state index in [0.29, 0.717) is 0 Å². The van der Waals surface area contributed by atoms with Crippen molar-refractivity contribution >= 4 is 23.8 Å². The number of aliphatic hydroxyl groups excluding tert-OH is 2. The second kappa shape index (κ2) is 9.78. The number of amides is 1. The number of rotatable bonds is 7. The van der Waals surface area contributed by atoms with E-state index in [4.69, 9.17) is 14.2 Å². The zero-order chi connectivity index (χ0) is 21.6. The number of hydrogen-bond acceptors (Lipinski definition) is 11. The average Bonchev–Trinajstić information content (AvgIpc) is 2.59. The molecular weight excluding hydrogens is 382 g/mol. The standard InChI is InChI=1S/C16H25NO11/c1-7(19)17-12-11(26-8(2)20)5-16(24,15(23)25-4)28-14(12)13(10(22)6-18)27-9(3)21/h10-14,18,22,24H,5-6H2,1-4H3,(H,17,19)/t10-,11+,12-,13-,14-,16+/m1/s1. The van der Waals surface area contributed by atoms with Gasteiger partial charge in [-0.15, -0.1) is 0 Å². The zero-order valence-electron chi connectivity index (χ0n) is 15.9. The predicted octanol–water partition coefficient (Wildman–Crippen LogP) is -2.64. The maximum Gasteiger partial charge on any atom is 0.366 e. The quantitative estimate of drug-likeness (QED) is 0.256. The van der Waals surface area contributed by atoms with Crippen molar-refractivity contribution in [1.82, 2.24) is 5.32 Å². The number of methoxy groups -OCH3 is 1. The second-order valence-corrected chi connectivity index (χ2v) is 6.26. The van der Waals surface area contributed by atoms with Crippen LogP contribution in [0.5, 0.6) is 0 Å². The molecule has 0 saturated carbocycles. The summed E-state index contributed by atoms with van der Waals surface area (Å²) in [4.78, 5) is 46.6. The van der Waals surface area contributed by atoms with Crippen molar-refractivity contribution in [1.29, 1.82) is 0 Å². The first-order chi connectivity index (χ1) is 12.9. The number of aliphatic hydroxyl groups is 3. The van der Waals surface area contributed by atoms with Crippen LogP contribution in [-0.4, -0.2) is 89.1 Å². The fourth-order valence-corrected chi connectivity index (χ4v) is 2.92. The Kier molecular flexibility index (Phi) is 8.29. The third kappa shape index (κ3) is 5.86. The second-order valence-electron chi connectivity index (χ2n) is 6.26. The molecule has 0 aromatic rings. The van der Waals surface area contributed by atoms with Gasteiger partial charge in [-0.1, -0.05) is 0 Å². The van der Waals surface area contributed by atoms with Crippen molar-refractivity contribution in [3.63, 3.8) is 0 Å². The van der Waals surface area contributed by atoms with Gasteiger partial charge in [-0.2, -0.15) is 0 Å². The summed E-state index contributed by atoms with van der Waals surface area (Å²) < 4.78 is 20.0. The normalized spacial score (nSPS) is 29.2. The van der Waals surface area contributed by atoms with E-state index in [1.54, 1.807) is 0 Å². The van der Waals surface area contributed by atoms with Gasteiger partial charge in [0.25, 0.3) is 5.79 Å². The van der Waals surface area contributed by atoms with Crippen molar-refractivity contribution in [2.75, 3.05) is 13.7 Å². The molecule has 0 aliphatic carbocycles. The van der Waals surface area contributed by atoms with Gasteiger partial charge >= 0.3 is 17.9 Å². The maximum absolute atomic E-state index is 12.0. The summed E-state index contributed by atoms with van der Waals surface area (Å²) in [5, 5.41) is 32.4. The molecule has 1 aliphatic rings. The minimum Gasteiger partial charge on any atom is -0.465 e. The molecule has 160 valence electrons. The lowest BCUT2D eigenvalue weighted by atomic mass is 9.88. The fraction of sp³-hybridized carbons (Fsp3) is 0.750. The molecule has 0 unspecified atom stereocenters. The van der Waals surface area contributed by atoms with Crippen LogP contribution in [-0.2, 0) is 38.1 Å². The molecule has 1 saturated heterocycles. The van der Waals surface area contributed by atoms with Crippen molar-refractivity contribution in [2.45, 2.75) is 63.4 Å². The Balaban J connectivity index is 3.45. The smallest absolute Gasteiger partial charge is 0.366 e. The number of carbonyl (C=O) groups excluding carboxylic acids is 4. The lowest BCUT2D eigenvalue weighted by Crippen LogP contribution is -2.68. The topological polar surface area (TPSA) is 178 Å². The zero-order valence-corrected chi connectivity index (χ0v) is 15.9. The molecule has 12 heteroatoms. The summed E-state index contributed by atoms with van der Waals surface area (Å²) in [5.41, 5.74) is 0. The van der Waals surface area contributed by atoms with Crippen LogP contribution in [0.2, 0.25) is 0 Å². The molecule has 4 N–H and O–H groups in total. The molecule has 0 radical (unpaired) electrons. The van der Waals surface area contributed by atoms with E-state index in [0.717, 1.165) is 27.9 Å². The van der Waals surface area contributed by atoms with Crippen LogP contribution < -0.4 is 5.32 Å².